The van der Waals surface area contributed by atoms with Crippen LogP contribution in [0, 0.1) is 5.82 Å². The average Bonchev–Trinajstić information content (AvgIpc) is 2.19. The molecule has 1 atom stereocenters. The Labute approximate surface area is 97.3 Å². The van der Waals surface area contributed by atoms with Gasteiger partial charge in [0.05, 0.1) is 10.6 Å². The summed E-state index contributed by atoms with van der Waals surface area (Å²) in [5.41, 5.74) is -0.104. The van der Waals surface area contributed by atoms with Crippen LogP contribution in [0.25, 0.3) is 0 Å². The lowest BCUT2D eigenvalue weighted by molar-refractivity contribution is -0.137. The van der Waals surface area contributed by atoms with E-state index in [4.69, 9.17) is 10.2 Å². The molecule has 6 nitrogen and oxygen atoms in total. The van der Waals surface area contributed by atoms with E-state index in [9.17, 15) is 17.6 Å². The molecule has 0 aliphatic heterocycles. The van der Waals surface area contributed by atoms with Crippen LogP contribution in [0.15, 0.2) is 23.1 Å². The molecule has 94 valence electrons. The number of hydrogen-bond donors (Lipinski definition) is 3. The van der Waals surface area contributed by atoms with Crippen LogP contribution in [0.2, 0.25) is 0 Å². The molecule has 0 aromatic heterocycles. The van der Waals surface area contributed by atoms with Crippen LogP contribution < -0.4 is 10.5 Å². The smallest absolute Gasteiger partial charge is 0.325 e. The topological polar surface area (TPSA) is 109 Å². The predicted octanol–water partition coefficient (Wildman–Crippen LogP) is 0.358. The summed E-state index contributed by atoms with van der Waals surface area (Å²) in [6.45, 7) is 1.33. The van der Waals surface area contributed by atoms with E-state index in [0.717, 1.165) is 18.2 Å². The van der Waals surface area contributed by atoms with Gasteiger partial charge in [0.15, 0.2) is 0 Å². The fourth-order valence-electron chi connectivity index (χ4n) is 1.08. The van der Waals surface area contributed by atoms with Crippen molar-refractivity contribution in [2.75, 3.05) is 5.32 Å². The highest BCUT2D eigenvalue weighted by atomic mass is 32.2. The molecule has 0 saturated carbocycles. The molecule has 0 radical (unpaired) electrons. The van der Waals surface area contributed by atoms with Gasteiger partial charge in [-0.1, -0.05) is 0 Å². The van der Waals surface area contributed by atoms with Gasteiger partial charge >= 0.3 is 5.97 Å². The number of carbonyl (C=O) groups is 1. The van der Waals surface area contributed by atoms with E-state index in [0.29, 0.717) is 0 Å². The van der Waals surface area contributed by atoms with Crippen molar-refractivity contribution in [1.29, 1.82) is 0 Å². The Morgan fingerprint density at radius 2 is 2.12 bits per heavy atom. The zero-order valence-corrected chi connectivity index (χ0v) is 9.66. The molecule has 1 aromatic rings. The molecule has 0 heterocycles. The Hall–Kier alpha value is -1.67. The fraction of sp³-hybridized carbons (Fsp3) is 0.222. The van der Waals surface area contributed by atoms with Crippen LogP contribution in [0.5, 0.6) is 0 Å². The maximum Gasteiger partial charge on any atom is 0.325 e. The Morgan fingerprint density at radius 3 is 2.53 bits per heavy atom. The molecule has 0 aliphatic rings. The molecule has 1 rings (SSSR count). The SMILES string of the molecule is CC(Nc1ccc(S(N)(=O)=O)cc1F)C(=O)O. The van der Waals surface area contributed by atoms with Gasteiger partial charge in [-0.05, 0) is 25.1 Å². The van der Waals surface area contributed by atoms with Gasteiger partial charge in [0.25, 0.3) is 0 Å². The van der Waals surface area contributed by atoms with E-state index < -0.39 is 27.9 Å². The van der Waals surface area contributed by atoms with E-state index >= 15 is 0 Å². The molecule has 4 N–H and O–H groups in total. The van der Waals surface area contributed by atoms with Gasteiger partial charge in [-0.2, -0.15) is 0 Å². The van der Waals surface area contributed by atoms with Crippen molar-refractivity contribution >= 4 is 21.7 Å². The molecule has 17 heavy (non-hydrogen) atoms. The fourth-order valence-corrected chi connectivity index (χ4v) is 1.61. The number of hydrogen-bond acceptors (Lipinski definition) is 4. The van der Waals surface area contributed by atoms with Crippen molar-refractivity contribution in [2.24, 2.45) is 5.14 Å². The summed E-state index contributed by atoms with van der Waals surface area (Å²) in [6.07, 6.45) is 0. The quantitative estimate of drug-likeness (QED) is 0.725. The summed E-state index contributed by atoms with van der Waals surface area (Å²) >= 11 is 0. The van der Waals surface area contributed by atoms with Crippen molar-refractivity contribution < 1.29 is 22.7 Å². The highest BCUT2D eigenvalue weighted by Gasteiger charge is 2.15. The maximum atomic E-state index is 13.4. The van der Waals surface area contributed by atoms with Gasteiger partial charge in [-0.15, -0.1) is 0 Å². The number of anilines is 1. The third-order valence-electron chi connectivity index (χ3n) is 2.01. The van der Waals surface area contributed by atoms with Gasteiger partial charge in [0.2, 0.25) is 10.0 Å². The van der Waals surface area contributed by atoms with Crippen LogP contribution >= 0.6 is 0 Å². The second kappa shape index (κ2) is 4.68. The van der Waals surface area contributed by atoms with Crippen LogP contribution in [0.3, 0.4) is 0 Å². The summed E-state index contributed by atoms with van der Waals surface area (Å²) in [6, 6.07) is 1.95. The molecule has 8 heteroatoms. The monoisotopic (exact) mass is 262 g/mol. The minimum atomic E-state index is -3.97. The molecule has 1 unspecified atom stereocenters. The lowest BCUT2D eigenvalue weighted by Crippen LogP contribution is -2.26. The Bertz CT molecular complexity index is 544. The first-order valence-electron chi connectivity index (χ1n) is 4.53. The lowest BCUT2D eigenvalue weighted by Gasteiger charge is -2.11. The third-order valence-corrected chi connectivity index (χ3v) is 2.92. The minimum absolute atomic E-state index is 0.104. The van der Waals surface area contributed by atoms with Crippen LogP contribution in [0.4, 0.5) is 10.1 Å². The number of halogens is 1. The molecule has 0 saturated heterocycles. The number of aliphatic carboxylic acids is 1. The summed E-state index contributed by atoms with van der Waals surface area (Å²) in [4.78, 5) is 10.2. The number of rotatable bonds is 4. The first-order valence-corrected chi connectivity index (χ1v) is 6.08. The molecular formula is C9H11FN2O4S. The second-order valence-corrected chi connectivity index (χ2v) is 4.95. The van der Waals surface area contributed by atoms with Crippen LogP contribution in [-0.4, -0.2) is 25.5 Å². The van der Waals surface area contributed by atoms with Gasteiger partial charge in [0, 0.05) is 0 Å². The molecule has 0 bridgehead atoms. The van der Waals surface area contributed by atoms with Gasteiger partial charge in [-0.3, -0.25) is 4.79 Å². The number of carboxylic acid groups (broad SMARTS) is 1. The first-order chi connectivity index (χ1) is 7.71. The second-order valence-electron chi connectivity index (χ2n) is 3.39. The summed E-state index contributed by atoms with van der Waals surface area (Å²) in [5.74, 6) is -2.04. The van der Waals surface area contributed by atoms with Crippen LogP contribution in [0.1, 0.15) is 6.92 Å². The predicted molar refractivity (Wildman–Crippen MR) is 58.5 cm³/mol. The van der Waals surface area contributed by atoms with E-state index in [-0.39, 0.29) is 10.6 Å². The minimum Gasteiger partial charge on any atom is -0.480 e. The first kappa shape index (κ1) is 13.4. The van der Waals surface area contributed by atoms with Crippen molar-refractivity contribution in [2.45, 2.75) is 17.9 Å². The molecular weight excluding hydrogens is 251 g/mol. The van der Waals surface area contributed by atoms with Gasteiger partial charge in [0.1, 0.15) is 11.9 Å². The van der Waals surface area contributed by atoms with Crippen molar-refractivity contribution in [1.82, 2.24) is 0 Å². The number of carboxylic acids is 1. The van der Waals surface area contributed by atoms with E-state index in [1.807, 2.05) is 0 Å². The van der Waals surface area contributed by atoms with E-state index in [2.05, 4.69) is 5.32 Å². The molecule has 0 amide bonds. The highest BCUT2D eigenvalue weighted by molar-refractivity contribution is 7.89. The number of primary sulfonamides is 1. The lowest BCUT2D eigenvalue weighted by atomic mass is 10.2. The van der Waals surface area contributed by atoms with Crippen molar-refractivity contribution in [3.05, 3.63) is 24.0 Å². The van der Waals surface area contributed by atoms with E-state index in [1.54, 1.807) is 0 Å². The third kappa shape index (κ3) is 3.40. The largest absolute Gasteiger partial charge is 0.480 e. The molecule has 0 spiro atoms. The Balaban J connectivity index is 3.03. The van der Waals surface area contributed by atoms with Crippen molar-refractivity contribution in [3.63, 3.8) is 0 Å². The summed E-state index contributed by atoms with van der Waals surface area (Å²) in [7, 11) is -3.97. The number of benzene rings is 1. The van der Waals surface area contributed by atoms with Crippen molar-refractivity contribution in [3.8, 4) is 0 Å². The number of sulfonamides is 1. The molecule has 0 aliphatic carbocycles. The Kier molecular flexibility index (Phi) is 3.69. The zero-order valence-electron chi connectivity index (χ0n) is 8.84. The molecule has 0 fully saturated rings. The van der Waals surface area contributed by atoms with Gasteiger partial charge < -0.3 is 10.4 Å². The van der Waals surface area contributed by atoms with Gasteiger partial charge in [-0.25, -0.2) is 17.9 Å². The number of nitrogens with one attached hydrogen (secondary N) is 1. The summed E-state index contributed by atoms with van der Waals surface area (Å²) in [5, 5.41) is 15.8. The van der Waals surface area contributed by atoms with Crippen LogP contribution in [-0.2, 0) is 14.8 Å². The standard InChI is InChI=1S/C9H11FN2O4S/c1-5(9(13)14)12-8-3-2-6(4-7(8)10)17(11,15)16/h2-5,12H,1H3,(H,13,14)(H2,11,15,16). The summed E-state index contributed by atoms with van der Waals surface area (Å²) < 4.78 is 35.3. The van der Waals surface area contributed by atoms with E-state index in [1.165, 1.54) is 6.92 Å². The zero-order chi connectivity index (χ0) is 13.2. The average molecular weight is 262 g/mol. The number of nitrogens with two attached hydrogens (primary N) is 1. The highest BCUT2D eigenvalue weighted by Crippen LogP contribution is 2.18. The normalized spacial score (nSPS) is 13.1. The molecule has 1 aromatic carbocycles. The Morgan fingerprint density at radius 1 is 1.53 bits per heavy atom. The maximum absolute atomic E-state index is 13.4.